The first kappa shape index (κ1) is 18.8. The van der Waals surface area contributed by atoms with Crippen LogP contribution >= 0.6 is 11.8 Å². The highest BCUT2D eigenvalue weighted by molar-refractivity contribution is 7.99. The second kappa shape index (κ2) is 9.07. The van der Waals surface area contributed by atoms with E-state index >= 15 is 0 Å². The highest BCUT2D eigenvalue weighted by Gasteiger charge is 2.08. The van der Waals surface area contributed by atoms with Crippen molar-refractivity contribution in [1.82, 2.24) is 10.4 Å². The second-order valence-electron chi connectivity index (χ2n) is 6.02. The zero-order valence-corrected chi connectivity index (χ0v) is 16.1. The van der Waals surface area contributed by atoms with Crippen LogP contribution in [-0.4, -0.2) is 22.9 Å². The Labute approximate surface area is 171 Å². The van der Waals surface area contributed by atoms with Crippen LogP contribution in [0.15, 0.2) is 93.6 Å². The molecule has 1 aromatic heterocycles. The molecule has 144 valence electrons. The Morgan fingerprint density at radius 2 is 1.83 bits per heavy atom. The number of fused-ring (bicyclic) bond motifs is 1. The lowest BCUT2D eigenvalue weighted by Gasteiger charge is -2.05. The van der Waals surface area contributed by atoms with Crippen LogP contribution < -0.4 is 10.2 Å². The van der Waals surface area contributed by atoms with Gasteiger partial charge in [-0.25, -0.2) is 10.4 Å². The highest BCUT2D eigenvalue weighted by atomic mass is 32.2. The van der Waals surface area contributed by atoms with E-state index in [1.807, 2.05) is 78.9 Å². The van der Waals surface area contributed by atoms with Crippen LogP contribution in [0, 0.1) is 0 Å². The molecule has 1 heterocycles. The Kier molecular flexibility index (Phi) is 5.87. The van der Waals surface area contributed by atoms with Crippen LogP contribution in [-0.2, 0) is 4.79 Å². The summed E-state index contributed by atoms with van der Waals surface area (Å²) < 4.78 is 11.4. The van der Waals surface area contributed by atoms with Gasteiger partial charge < -0.3 is 9.15 Å². The molecule has 0 saturated heterocycles. The monoisotopic (exact) mass is 403 g/mol. The SMILES string of the molecule is O=C(CSc1nc2ccccc2o1)N/N=C/c1cccc(Oc2ccccc2)c1. The molecule has 0 radical (unpaired) electrons. The number of carbonyl (C=O) groups is 1. The number of ether oxygens (including phenoxy) is 1. The zero-order valence-electron chi connectivity index (χ0n) is 15.3. The van der Waals surface area contributed by atoms with Crippen LogP contribution in [0.25, 0.3) is 11.1 Å². The Morgan fingerprint density at radius 3 is 2.69 bits per heavy atom. The Balaban J connectivity index is 1.29. The number of benzene rings is 3. The Bertz CT molecular complexity index is 1110. The Morgan fingerprint density at radius 1 is 1.03 bits per heavy atom. The fraction of sp³-hybridized carbons (Fsp3) is 0.0455. The number of nitrogens with zero attached hydrogens (tertiary/aromatic N) is 2. The normalized spacial score (nSPS) is 11.0. The molecule has 6 nitrogen and oxygen atoms in total. The van der Waals surface area contributed by atoms with E-state index in [0.717, 1.165) is 16.8 Å². The zero-order chi connectivity index (χ0) is 19.9. The predicted molar refractivity (Wildman–Crippen MR) is 113 cm³/mol. The van der Waals surface area contributed by atoms with E-state index in [0.29, 0.717) is 16.6 Å². The molecule has 0 aliphatic heterocycles. The van der Waals surface area contributed by atoms with E-state index in [1.54, 1.807) is 6.21 Å². The summed E-state index contributed by atoms with van der Waals surface area (Å²) in [7, 11) is 0. The quantitative estimate of drug-likeness (QED) is 0.271. The lowest BCUT2D eigenvalue weighted by molar-refractivity contribution is -0.118. The van der Waals surface area contributed by atoms with E-state index in [1.165, 1.54) is 11.8 Å². The fourth-order valence-corrected chi connectivity index (χ4v) is 3.16. The molecule has 4 aromatic rings. The smallest absolute Gasteiger partial charge is 0.257 e. The number of hydrazone groups is 1. The minimum atomic E-state index is -0.245. The molecule has 1 N–H and O–H groups in total. The first-order chi connectivity index (χ1) is 14.3. The predicted octanol–water partition coefficient (Wildman–Crippen LogP) is 4.86. The summed E-state index contributed by atoms with van der Waals surface area (Å²) in [6, 6.07) is 24.4. The molecular weight excluding hydrogens is 386 g/mol. The van der Waals surface area contributed by atoms with Gasteiger partial charge in [-0.15, -0.1) is 0 Å². The highest BCUT2D eigenvalue weighted by Crippen LogP contribution is 2.23. The van der Waals surface area contributed by atoms with Crippen LogP contribution in [0.3, 0.4) is 0 Å². The number of nitrogens with one attached hydrogen (secondary N) is 1. The van der Waals surface area contributed by atoms with E-state index in [9.17, 15) is 4.79 Å². The standard InChI is InChI=1S/C22H17N3O3S/c26-21(15-29-22-24-19-11-4-5-12-20(19)28-22)25-23-14-16-7-6-10-18(13-16)27-17-8-2-1-3-9-17/h1-14H,15H2,(H,25,26)/b23-14+. The van der Waals surface area contributed by atoms with Crippen LogP contribution in [0.2, 0.25) is 0 Å². The van der Waals surface area contributed by atoms with Crippen molar-refractivity contribution in [3.8, 4) is 11.5 Å². The van der Waals surface area contributed by atoms with Gasteiger partial charge in [-0.3, -0.25) is 4.79 Å². The molecule has 7 heteroatoms. The summed E-state index contributed by atoms with van der Waals surface area (Å²) in [5.74, 6) is 1.36. The maximum Gasteiger partial charge on any atom is 0.257 e. The van der Waals surface area contributed by atoms with Crippen LogP contribution in [0.5, 0.6) is 11.5 Å². The average molecular weight is 403 g/mol. The summed E-state index contributed by atoms with van der Waals surface area (Å²) in [5.41, 5.74) is 4.78. The molecule has 0 unspecified atom stereocenters. The van der Waals surface area contributed by atoms with Gasteiger partial charge in [-0.05, 0) is 42.0 Å². The molecule has 0 aliphatic carbocycles. The summed E-state index contributed by atoms with van der Waals surface area (Å²) >= 11 is 1.22. The third-order valence-electron chi connectivity index (χ3n) is 3.84. The lowest BCUT2D eigenvalue weighted by Crippen LogP contribution is -2.19. The van der Waals surface area contributed by atoms with Crippen molar-refractivity contribution >= 4 is 35.0 Å². The number of hydrogen-bond donors (Lipinski definition) is 1. The van der Waals surface area contributed by atoms with E-state index in [-0.39, 0.29) is 11.7 Å². The minimum Gasteiger partial charge on any atom is -0.457 e. The fourth-order valence-electron chi connectivity index (χ4n) is 2.53. The van der Waals surface area contributed by atoms with Gasteiger partial charge in [-0.1, -0.05) is 54.2 Å². The molecule has 0 saturated carbocycles. The molecule has 29 heavy (non-hydrogen) atoms. The average Bonchev–Trinajstić information content (AvgIpc) is 3.16. The van der Waals surface area contributed by atoms with Crippen LogP contribution in [0.4, 0.5) is 0 Å². The number of aromatic nitrogens is 1. The van der Waals surface area contributed by atoms with Crippen molar-refractivity contribution in [2.45, 2.75) is 5.22 Å². The maximum absolute atomic E-state index is 12.0. The summed E-state index contributed by atoms with van der Waals surface area (Å²) in [6.45, 7) is 0. The van der Waals surface area contributed by atoms with Crippen molar-refractivity contribution in [2.75, 3.05) is 5.75 Å². The molecule has 0 atom stereocenters. The van der Waals surface area contributed by atoms with Crippen molar-refractivity contribution in [3.05, 3.63) is 84.4 Å². The van der Waals surface area contributed by atoms with Gasteiger partial charge in [0, 0.05) is 0 Å². The van der Waals surface area contributed by atoms with Crippen molar-refractivity contribution < 1.29 is 13.9 Å². The van der Waals surface area contributed by atoms with Gasteiger partial charge in [0.25, 0.3) is 11.1 Å². The van der Waals surface area contributed by atoms with Gasteiger partial charge in [0.2, 0.25) is 0 Å². The minimum absolute atomic E-state index is 0.154. The van der Waals surface area contributed by atoms with Crippen molar-refractivity contribution in [3.63, 3.8) is 0 Å². The van der Waals surface area contributed by atoms with Crippen molar-refractivity contribution in [1.29, 1.82) is 0 Å². The molecular formula is C22H17N3O3S. The number of thioether (sulfide) groups is 1. The number of carbonyl (C=O) groups excluding carboxylic acids is 1. The molecule has 4 rings (SSSR count). The third-order valence-corrected chi connectivity index (χ3v) is 4.67. The van der Waals surface area contributed by atoms with Gasteiger partial charge in [0.1, 0.15) is 17.0 Å². The topological polar surface area (TPSA) is 76.7 Å². The van der Waals surface area contributed by atoms with E-state index in [4.69, 9.17) is 9.15 Å². The van der Waals surface area contributed by atoms with Gasteiger partial charge in [-0.2, -0.15) is 5.10 Å². The molecule has 0 fully saturated rings. The third kappa shape index (κ3) is 5.24. The number of rotatable bonds is 7. The Hall–Kier alpha value is -3.58. The summed E-state index contributed by atoms with van der Waals surface area (Å²) in [5, 5.41) is 4.45. The molecule has 0 bridgehead atoms. The summed E-state index contributed by atoms with van der Waals surface area (Å²) in [4.78, 5) is 16.3. The molecule has 1 amide bonds. The number of oxazole rings is 1. The number of para-hydroxylation sites is 3. The second-order valence-corrected chi connectivity index (χ2v) is 6.94. The molecule has 0 spiro atoms. The number of amides is 1. The van der Waals surface area contributed by atoms with E-state index in [2.05, 4.69) is 15.5 Å². The van der Waals surface area contributed by atoms with Crippen LogP contribution in [0.1, 0.15) is 5.56 Å². The lowest BCUT2D eigenvalue weighted by atomic mass is 10.2. The number of hydrogen-bond acceptors (Lipinski definition) is 6. The van der Waals surface area contributed by atoms with Gasteiger partial charge in [0.15, 0.2) is 5.58 Å². The first-order valence-corrected chi connectivity index (χ1v) is 9.88. The molecule has 0 aliphatic rings. The van der Waals surface area contributed by atoms with Gasteiger partial charge >= 0.3 is 0 Å². The van der Waals surface area contributed by atoms with E-state index < -0.39 is 0 Å². The van der Waals surface area contributed by atoms with Gasteiger partial charge in [0.05, 0.1) is 12.0 Å². The first-order valence-electron chi connectivity index (χ1n) is 8.89. The molecule has 3 aromatic carbocycles. The largest absolute Gasteiger partial charge is 0.457 e. The van der Waals surface area contributed by atoms with Crippen molar-refractivity contribution in [2.24, 2.45) is 5.10 Å². The summed E-state index contributed by atoms with van der Waals surface area (Å²) in [6.07, 6.45) is 1.57. The maximum atomic E-state index is 12.0.